The van der Waals surface area contributed by atoms with Gasteiger partial charge in [-0.05, 0) is 111 Å². The van der Waals surface area contributed by atoms with E-state index in [1.54, 1.807) is 0 Å². The highest BCUT2D eigenvalue weighted by Crippen LogP contribution is 2.47. The Morgan fingerprint density at radius 3 is 1.48 bits per heavy atom. The first-order chi connectivity index (χ1) is 26.6. The van der Waals surface area contributed by atoms with Crippen molar-refractivity contribution in [3.63, 3.8) is 0 Å². The van der Waals surface area contributed by atoms with Crippen molar-refractivity contribution in [2.45, 2.75) is 241 Å². The highest BCUT2D eigenvalue weighted by molar-refractivity contribution is 5.70. The zero-order chi connectivity index (χ0) is 43.7. The summed E-state index contributed by atoms with van der Waals surface area (Å²) in [6.45, 7) is 34.2. The number of ether oxygens (including phenoxy) is 4. The van der Waals surface area contributed by atoms with Crippen LogP contribution in [0.5, 0.6) is 5.75 Å². The Kier molecular flexibility index (Phi) is 17.8. The number of carbonyl (C=O) groups excluding carboxylic acids is 2. The van der Waals surface area contributed by atoms with Gasteiger partial charge in [-0.3, -0.25) is 9.59 Å². The van der Waals surface area contributed by atoms with Crippen LogP contribution in [0.15, 0.2) is 12.1 Å². The molecular weight excluding hydrogens is 727 g/mol. The molecule has 0 atom stereocenters. The molecule has 334 valence electrons. The van der Waals surface area contributed by atoms with Gasteiger partial charge in [0.05, 0.1) is 13.2 Å². The van der Waals surface area contributed by atoms with Crippen molar-refractivity contribution in [2.24, 2.45) is 16.7 Å². The topological polar surface area (TPSA) is 103 Å². The fourth-order valence-corrected chi connectivity index (χ4v) is 10.1. The zero-order valence-electron chi connectivity index (χ0n) is 39.9. The van der Waals surface area contributed by atoms with E-state index in [9.17, 15) is 14.7 Å². The van der Waals surface area contributed by atoms with Gasteiger partial charge in [-0.15, -0.1) is 0 Å². The average molecular weight is 814 g/mol. The van der Waals surface area contributed by atoms with Gasteiger partial charge in [-0.25, -0.2) is 0 Å². The summed E-state index contributed by atoms with van der Waals surface area (Å²) in [5, 5.41) is 14.4. The summed E-state index contributed by atoms with van der Waals surface area (Å²) in [5.74, 6) is 0.798. The lowest BCUT2D eigenvalue weighted by atomic mass is 9.64. The van der Waals surface area contributed by atoms with E-state index in [4.69, 9.17) is 18.9 Å². The molecule has 2 aliphatic heterocycles. The molecule has 3 aliphatic rings. The number of esters is 2. The predicted molar refractivity (Wildman–Crippen MR) is 237 cm³/mol. The van der Waals surface area contributed by atoms with E-state index < -0.39 is 0 Å². The number of phenols is 1. The van der Waals surface area contributed by atoms with Crippen molar-refractivity contribution in [1.82, 2.24) is 5.32 Å². The molecule has 2 heterocycles. The van der Waals surface area contributed by atoms with Crippen molar-refractivity contribution in [3.8, 4) is 5.75 Å². The Labute approximate surface area is 355 Å². The minimum absolute atomic E-state index is 0.00394. The maximum Gasteiger partial charge on any atom is 0.306 e. The zero-order valence-corrected chi connectivity index (χ0v) is 39.9. The Morgan fingerprint density at radius 1 is 0.690 bits per heavy atom. The molecule has 0 aromatic heterocycles. The second kappa shape index (κ2) is 20.6. The molecule has 58 heavy (non-hydrogen) atoms. The van der Waals surface area contributed by atoms with Crippen LogP contribution in [0.1, 0.15) is 223 Å². The molecule has 1 saturated carbocycles. The molecule has 0 amide bonds. The number of carbonyl (C=O) groups is 2. The lowest BCUT2D eigenvalue weighted by molar-refractivity contribution is -0.206. The van der Waals surface area contributed by atoms with Crippen LogP contribution in [0.2, 0.25) is 0 Å². The van der Waals surface area contributed by atoms with Crippen LogP contribution < -0.4 is 5.32 Å². The normalized spacial score (nSPS) is 23.4. The number of benzene rings is 1. The third-order valence-corrected chi connectivity index (χ3v) is 12.0. The Hall–Kier alpha value is -2.16. The molecular formula is C50H87NO7. The average Bonchev–Trinajstić information content (AvgIpc) is 3.03. The van der Waals surface area contributed by atoms with E-state index in [0.717, 1.165) is 107 Å². The van der Waals surface area contributed by atoms with Crippen LogP contribution in [-0.2, 0) is 39.4 Å². The fourth-order valence-electron chi connectivity index (χ4n) is 10.1. The van der Waals surface area contributed by atoms with Crippen molar-refractivity contribution in [2.75, 3.05) is 13.2 Å². The van der Waals surface area contributed by atoms with Crippen molar-refractivity contribution in [3.05, 3.63) is 28.8 Å². The summed E-state index contributed by atoms with van der Waals surface area (Å²) in [6.07, 6.45) is 14.0. The molecule has 2 N–H and O–H groups in total. The minimum Gasteiger partial charge on any atom is -0.507 e. The van der Waals surface area contributed by atoms with Crippen LogP contribution in [0.25, 0.3) is 0 Å². The monoisotopic (exact) mass is 814 g/mol. The molecule has 0 bridgehead atoms. The third kappa shape index (κ3) is 17.1. The first-order valence-electron chi connectivity index (χ1n) is 22.9. The Bertz CT molecular complexity index is 1330. The Morgan fingerprint density at radius 2 is 1.09 bits per heavy atom. The summed E-state index contributed by atoms with van der Waals surface area (Å²) in [6, 6.07) is 4.10. The van der Waals surface area contributed by atoms with Gasteiger partial charge < -0.3 is 29.4 Å². The number of hydrogen-bond donors (Lipinski definition) is 2. The van der Waals surface area contributed by atoms with E-state index in [1.165, 1.54) is 6.42 Å². The molecule has 8 heteroatoms. The van der Waals surface area contributed by atoms with E-state index in [1.807, 2.05) is 0 Å². The Balaban J connectivity index is 0.000000329. The standard InChI is InChI=1S/C29H53NO4.C21H34O3/c1-26(2)17-22(18-27(3,4)21-26)33-24(31)15-13-11-9-10-12-14-16-25(32)34-23-19-28(5,6)30-29(7,8)20-23;1-8-9-14-12-23-19(24-13-14)15-10-16(20(2,3)4)18(22)17(11-15)21(5,6)7/h22-23,30H,9-21H2,1-8H3;10-11,14,19,22H,8-9,12-13H2,1-7H3. The van der Waals surface area contributed by atoms with Gasteiger partial charge in [0.25, 0.3) is 0 Å². The summed E-state index contributed by atoms with van der Waals surface area (Å²) >= 11 is 0. The molecule has 1 aromatic rings. The molecule has 3 fully saturated rings. The predicted octanol–water partition coefficient (Wildman–Crippen LogP) is 12.6. The molecule has 0 radical (unpaired) electrons. The summed E-state index contributed by atoms with van der Waals surface area (Å²) in [7, 11) is 0. The highest BCUT2D eigenvalue weighted by atomic mass is 16.7. The maximum absolute atomic E-state index is 12.3. The lowest BCUT2D eigenvalue weighted by Gasteiger charge is -2.45. The van der Waals surface area contributed by atoms with Crippen LogP contribution in [0.3, 0.4) is 0 Å². The molecule has 1 aromatic carbocycles. The maximum atomic E-state index is 12.3. The van der Waals surface area contributed by atoms with E-state index in [2.05, 4.69) is 121 Å². The molecule has 8 nitrogen and oxygen atoms in total. The second-order valence-corrected chi connectivity index (χ2v) is 23.2. The number of aromatic hydroxyl groups is 1. The van der Waals surface area contributed by atoms with Crippen molar-refractivity contribution < 1.29 is 33.6 Å². The molecule has 1 aliphatic carbocycles. The summed E-state index contributed by atoms with van der Waals surface area (Å²) in [5.41, 5.74) is 3.09. The van der Waals surface area contributed by atoms with Gasteiger partial charge >= 0.3 is 11.9 Å². The molecule has 2 saturated heterocycles. The number of piperidine rings is 1. The number of unbranched alkanes of at least 4 members (excludes halogenated alkanes) is 5. The largest absolute Gasteiger partial charge is 0.507 e. The summed E-state index contributed by atoms with van der Waals surface area (Å²) < 4.78 is 23.6. The van der Waals surface area contributed by atoms with Gasteiger partial charge in [-0.1, -0.05) is 108 Å². The quantitative estimate of drug-likeness (QED) is 0.141. The highest BCUT2D eigenvalue weighted by Gasteiger charge is 2.41. The number of hydrogen-bond acceptors (Lipinski definition) is 8. The second-order valence-electron chi connectivity index (χ2n) is 23.2. The lowest BCUT2D eigenvalue weighted by Crippen LogP contribution is -2.59. The van der Waals surface area contributed by atoms with Gasteiger partial charge in [-0.2, -0.15) is 0 Å². The third-order valence-electron chi connectivity index (χ3n) is 12.0. The fraction of sp³-hybridized carbons (Fsp3) is 0.840. The van der Waals surface area contributed by atoms with Crippen molar-refractivity contribution >= 4 is 11.9 Å². The van der Waals surface area contributed by atoms with Gasteiger partial charge in [0, 0.05) is 48.2 Å². The van der Waals surface area contributed by atoms with Gasteiger partial charge in [0.15, 0.2) is 6.29 Å². The first kappa shape index (κ1) is 50.2. The molecule has 0 unspecified atom stereocenters. The number of nitrogens with one attached hydrogen (secondary N) is 1. The summed E-state index contributed by atoms with van der Waals surface area (Å²) in [4.78, 5) is 24.6. The van der Waals surface area contributed by atoms with Crippen LogP contribution >= 0.6 is 0 Å². The van der Waals surface area contributed by atoms with Gasteiger partial charge in [0.2, 0.25) is 0 Å². The molecule has 4 rings (SSSR count). The molecule has 0 spiro atoms. The number of phenolic OH excluding ortho intramolecular Hbond substituents is 1. The smallest absolute Gasteiger partial charge is 0.306 e. The minimum atomic E-state index is -0.332. The van der Waals surface area contributed by atoms with Crippen LogP contribution in [0.4, 0.5) is 0 Å². The van der Waals surface area contributed by atoms with E-state index in [0.29, 0.717) is 24.5 Å². The first-order valence-corrected chi connectivity index (χ1v) is 22.9. The van der Waals surface area contributed by atoms with Crippen LogP contribution in [0, 0.1) is 16.7 Å². The van der Waals surface area contributed by atoms with Crippen molar-refractivity contribution in [1.29, 1.82) is 0 Å². The SMILES string of the molecule is CC1(C)CC(OC(=O)CCCCCCCCC(=O)OC2CC(C)(C)NC(C)(C)C2)CC(C)(C)C1.CCCC1COC(c2cc(C(C)(C)C)c(O)c(C(C)(C)C)c2)OC1. The van der Waals surface area contributed by atoms with Gasteiger partial charge in [0.1, 0.15) is 18.0 Å². The van der Waals surface area contributed by atoms with Crippen LogP contribution in [-0.4, -0.2) is 53.5 Å². The van der Waals surface area contributed by atoms with E-state index >= 15 is 0 Å². The number of rotatable bonds is 14. The van der Waals surface area contributed by atoms with E-state index in [-0.39, 0.29) is 63.2 Å².